The van der Waals surface area contributed by atoms with Gasteiger partial charge < -0.3 is 5.32 Å². The van der Waals surface area contributed by atoms with Crippen molar-refractivity contribution < 1.29 is 8.42 Å². The van der Waals surface area contributed by atoms with Gasteiger partial charge in [-0.15, -0.1) is 0 Å². The van der Waals surface area contributed by atoms with Crippen LogP contribution in [0, 0.1) is 13.8 Å². The van der Waals surface area contributed by atoms with Crippen molar-refractivity contribution in [2.45, 2.75) is 25.2 Å². The number of nitrogens with one attached hydrogen (secondary N) is 3. The maximum absolute atomic E-state index is 12.4. The van der Waals surface area contributed by atoms with Gasteiger partial charge in [0.25, 0.3) is 10.0 Å². The monoisotopic (exact) mass is 292 g/mol. The summed E-state index contributed by atoms with van der Waals surface area (Å²) in [5, 5.41) is 9.86. The summed E-state index contributed by atoms with van der Waals surface area (Å²) in [5.41, 5.74) is 3.79. The van der Waals surface area contributed by atoms with Crippen LogP contribution < -0.4 is 10.0 Å². The van der Waals surface area contributed by atoms with Crippen LogP contribution in [0.1, 0.15) is 17.0 Å². The molecule has 0 saturated carbocycles. The van der Waals surface area contributed by atoms with Crippen molar-refractivity contribution in [3.8, 4) is 0 Å². The molecule has 1 aliphatic heterocycles. The van der Waals surface area contributed by atoms with Crippen molar-refractivity contribution in [2.75, 3.05) is 16.6 Å². The Kier molecular flexibility index (Phi) is 2.93. The van der Waals surface area contributed by atoms with Crippen LogP contribution in [0.15, 0.2) is 23.1 Å². The van der Waals surface area contributed by atoms with Gasteiger partial charge in [0.1, 0.15) is 4.90 Å². The van der Waals surface area contributed by atoms with Gasteiger partial charge in [-0.1, -0.05) is 0 Å². The largest absolute Gasteiger partial charge is 0.384 e. The van der Waals surface area contributed by atoms with E-state index in [1.807, 2.05) is 12.1 Å². The zero-order valence-corrected chi connectivity index (χ0v) is 12.1. The summed E-state index contributed by atoms with van der Waals surface area (Å²) in [7, 11) is -3.61. The number of aromatic amines is 1. The van der Waals surface area contributed by atoms with Gasteiger partial charge >= 0.3 is 0 Å². The van der Waals surface area contributed by atoms with E-state index in [0.717, 1.165) is 24.2 Å². The van der Waals surface area contributed by atoms with Gasteiger partial charge in [-0.05, 0) is 44.0 Å². The van der Waals surface area contributed by atoms with Crippen molar-refractivity contribution in [1.82, 2.24) is 10.2 Å². The fourth-order valence-electron chi connectivity index (χ4n) is 2.51. The molecular formula is C13H16N4O2S. The number of nitrogens with zero attached hydrogens (tertiary/aromatic N) is 1. The fraction of sp³-hybridized carbons (Fsp3) is 0.308. The topological polar surface area (TPSA) is 86.9 Å². The van der Waals surface area contributed by atoms with Gasteiger partial charge in [0.15, 0.2) is 0 Å². The highest BCUT2D eigenvalue weighted by Gasteiger charge is 2.22. The zero-order chi connectivity index (χ0) is 14.3. The summed E-state index contributed by atoms with van der Waals surface area (Å²) in [4.78, 5) is 0.219. The van der Waals surface area contributed by atoms with Gasteiger partial charge in [-0.3, -0.25) is 9.82 Å². The molecule has 106 valence electrons. The number of sulfonamides is 1. The van der Waals surface area contributed by atoms with Gasteiger partial charge in [-0.25, -0.2) is 8.42 Å². The lowest BCUT2D eigenvalue weighted by Gasteiger charge is -2.09. The van der Waals surface area contributed by atoms with Crippen molar-refractivity contribution in [3.05, 3.63) is 35.2 Å². The van der Waals surface area contributed by atoms with Gasteiger partial charge in [0, 0.05) is 17.9 Å². The average molecular weight is 292 g/mol. The van der Waals surface area contributed by atoms with E-state index in [4.69, 9.17) is 0 Å². The number of anilines is 2. The number of H-pyrrole nitrogens is 1. The van der Waals surface area contributed by atoms with E-state index >= 15 is 0 Å². The number of hydrogen-bond donors (Lipinski definition) is 3. The van der Waals surface area contributed by atoms with E-state index in [-0.39, 0.29) is 4.90 Å². The van der Waals surface area contributed by atoms with Crippen molar-refractivity contribution in [2.24, 2.45) is 0 Å². The number of rotatable bonds is 3. The van der Waals surface area contributed by atoms with Crippen molar-refractivity contribution in [3.63, 3.8) is 0 Å². The van der Waals surface area contributed by atoms with E-state index in [9.17, 15) is 8.42 Å². The molecule has 2 aromatic rings. The van der Waals surface area contributed by atoms with Crippen LogP contribution in [0.25, 0.3) is 0 Å². The third kappa shape index (κ3) is 2.14. The highest BCUT2D eigenvalue weighted by atomic mass is 32.2. The van der Waals surface area contributed by atoms with Crippen LogP contribution in [0.4, 0.5) is 11.4 Å². The molecule has 0 atom stereocenters. The first-order valence-electron chi connectivity index (χ1n) is 6.38. The zero-order valence-electron chi connectivity index (χ0n) is 11.3. The van der Waals surface area contributed by atoms with E-state index in [0.29, 0.717) is 17.1 Å². The van der Waals surface area contributed by atoms with Crippen LogP contribution in [-0.4, -0.2) is 25.2 Å². The third-order valence-corrected chi connectivity index (χ3v) is 5.04. The third-order valence-electron chi connectivity index (χ3n) is 3.40. The van der Waals surface area contributed by atoms with E-state index in [1.165, 1.54) is 0 Å². The van der Waals surface area contributed by atoms with E-state index in [2.05, 4.69) is 20.2 Å². The lowest BCUT2D eigenvalue weighted by molar-refractivity contribution is 0.600. The van der Waals surface area contributed by atoms with Crippen LogP contribution in [0.5, 0.6) is 0 Å². The number of aromatic nitrogens is 2. The molecule has 0 unspecified atom stereocenters. The summed E-state index contributed by atoms with van der Waals surface area (Å²) in [6, 6.07) is 5.53. The van der Waals surface area contributed by atoms with Crippen molar-refractivity contribution >= 4 is 21.4 Å². The van der Waals surface area contributed by atoms with Crippen LogP contribution in [0.2, 0.25) is 0 Å². The molecule has 1 aromatic heterocycles. The molecule has 0 saturated heterocycles. The van der Waals surface area contributed by atoms with Gasteiger partial charge in [0.2, 0.25) is 0 Å². The number of aryl methyl sites for hydroxylation is 2. The Morgan fingerprint density at radius 3 is 2.80 bits per heavy atom. The minimum absolute atomic E-state index is 0.219. The molecular weight excluding hydrogens is 276 g/mol. The maximum atomic E-state index is 12.4. The molecule has 0 spiro atoms. The first-order chi connectivity index (χ1) is 9.47. The normalized spacial score (nSPS) is 13.9. The standard InChI is InChI=1S/C13H16N4O2S/c1-8-13(9(2)16-15-8)20(18,19)17-11-3-4-12-10(7-11)5-6-14-12/h3-4,7,14,17H,5-6H2,1-2H3,(H,15,16). The fourth-order valence-corrected chi connectivity index (χ4v) is 3.93. The molecule has 3 N–H and O–H groups in total. The summed E-state index contributed by atoms with van der Waals surface area (Å²) >= 11 is 0. The second-order valence-corrected chi connectivity index (χ2v) is 6.54. The quantitative estimate of drug-likeness (QED) is 0.805. The Labute approximate surface area is 117 Å². The lowest BCUT2D eigenvalue weighted by atomic mass is 10.1. The Morgan fingerprint density at radius 2 is 2.10 bits per heavy atom. The van der Waals surface area contributed by atoms with E-state index < -0.39 is 10.0 Å². The molecule has 7 heteroatoms. The molecule has 20 heavy (non-hydrogen) atoms. The molecule has 0 amide bonds. The molecule has 0 radical (unpaired) electrons. The summed E-state index contributed by atoms with van der Waals surface area (Å²) in [5.74, 6) is 0. The first kappa shape index (κ1) is 13.0. The number of benzene rings is 1. The number of fused-ring (bicyclic) bond motifs is 1. The summed E-state index contributed by atoms with van der Waals surface area (Å²) in [6.45, 7) is 4.26. The molecule has 0 aliphatic carbocycles. The second kappa shape index (κ2) is 4.52. The lowest BCUT2D eigenvalue weighted by Crippen LogP contribution is -2.14. The van der Waals surface area contributed by atoms with Gasteiger partial charge in [0.05, 0.1) is 11.4 Å². The number of hydrogen-bond acceptors (Lipinski definition) is 4. The van der Waals surface area contributed by atoms with Gasteiger partial charge in [-0.2, -0.15) is 5.10 Å². The minimum atomic E-state index is -3.61. The summed E-state index contributed by atoms with van der Waals surface area (Å²) in [6.07, 6.45) is 0.911. The molecule has 2 heterocycles. The highest BCUT2D eigenvalue weighted by Crippen LogP contribution is 2.27. The molecule has 0 bridgehead atoms. The molecule has 3 rings (SSSR count). The Bertz CT molecular complexity index is 745. The van der Waals surface area contributed by atoms with Crippen molar-refractivity contribution in [1.29, 1.82) is 0 Å². The summed E-state index contributed by atoms with van der Waals surface area (Å²) < 4.78 is 27.5. The van der Waals surface area contributed by atoms with Crippen LogP contribution in [-0.2, 0) is 16.4 Å². The smallest absolute Gasteiger partial charge is 0.265 e. The Balaban J connectivity index is 1.94. The molecule has 1 aromatic carbocycles. The average Bonchev–Trinajstić information content (AvgIpc) is 2.95. The van der Waals surface area contributed by atoms with Crippen LogP contribution >= 0.6 is 0 Å². The molecule has 6 nitrogen and oxygen atoms in total. The van der Waals surface area contributed by atoms with E-state index in [1.54, 1.807) is 19.9 Å². The minimum Gasteiger partial charge on any atom is -0.384 e. The molecule has 1 aliphatic rings. The maximum Gasteiger partial charge on any atom is 0.265 e. The molecule has 0 fully saturated rings. The predicted octanol–water partition coefficient (Wildman–Crippen LogP) is 1.80. The first-order valence-corrected chi connectivity index (χ1v) is 7.87. The Morgan fingerprint density at radius 1 is 1.30 bits per heavy atom. The predicted molar refractivity (Wildman–Crippen MR) is 77.5 cm³/mol. The highest BCUT2D eigenvalue weighted by molar-refractivity contribution is 7.92. The Hall–Kier alpha value is -2.02. The second-order valence-electron chi connectivity index (χ2n) is 4.92. The SMILES string of the molecule is Cc1n[nH]c(C)c1S(=O)(=O)Nc1ccc2c(c1)CCN2. The van der Waals surface area contributed by atoms with Crippen LogP contribution in [0.3, 0.4) is 0 Å².